The maximum atomic E-state index is 14.5. The Morgan fingerprint density at radius 1 is 1.12 bits per heavy atom. The summed E-state index contributed by atoms with van der Waals surface area (Å²) in [6, 6.07) is 12.0. The average Bonchev–Trinajstić information content (AvgIpc) is 3.43. The average molecular weight is 446 g/mol. The molecule has 4 aromatic rings. The minimum absolute atomic E-state index is 0.122. The lowest BCUT2D eigenvalue weighted by atomic mass is 9.98. The number of pyridine rings is 1. The molecule has 0 amide bonds. The van der Waals surface area contributed by atoms with Crippen LogP contribution in [0.15, 0.2) is 65.6 Å². The molecule has 166 valence electrons. The normalized spacial score (nSPS) is 13.5. The highest BCUT2D eigenvalue weighted by Gasteiger charge is 2.26. The molecule has 7 heteroatoms. The molecule has 5 nitrogen and oxygen atoms in total. The van der Waals surface area contributed by atoms with Crippen LogP contribution in [-0.4, -0.2) is 20.6 Å². The van der Waals surface area contributed by atoms with E-state index in [4.69, 9.17) is 0 Å². The van der Waals surface area contributed by atoms with E-state index in [1.54, 1.807) is 18.2 Å². The number of H-pyrrole nitrogens is 1. The fourth-order valence-corrected chi connectivity index (χ4v) is 4.59. The van der Waals surface area contributed by atoms with E-state index in [0.29, 0.717) is 10.9 Å². The highest BCUT2D eigenvalue weighted by Crippen LogP contribution is 2.37. The van der Waals surface area contributed by atoms with Crippen LogP contribution in [0.25, 0.3) is 27.6 Å². The number of nitrogens with zero attached hydrogens (tertiary/aromatic N) is 1. The summed E-state index contributed by atoms with van der Waals surface area (Å²) in [4.78, 5) is 27.7. The number of hydrogen-bond donors (Lipinski definition) is 2. The second-order valence-corrected chi connectivity index (χ2v) is 8.12. The number of rotatable bonds is 5. The monoisotopic (exact) mass is 446 g/mol. The van der Waals surface area contributed by atoms with Crippen molar-refractivity contribution in [2.24, 2.45) is 0 Å². The number of aromatic carboxylic acids is 1. The van der Waals surface area contributed by atoms with Crippen molar-refractivity contribution in [1.29, 1.82) is 0 Å². The summed E-state index contributed by atoms with van der Waals surface area (Å²) in [6.45, 7) is -0.128. The van der Waals surface area contributed by atoms with Crippen LogP contribution in [-0.2, 0) is 6.54 Å². The van der Waals surface area contributed by atoms with Crippen LogP contribution in [0.3, 0.4) is 0 Å². The summed E-state index contributed by atoms with van der Waals surface area (Å²) in [5.41, 5.74) is 2.80. The van der Waals surface area contributed by atoms with Crippen molar-refractivity contribution in [3.05, 3.63) is 99.6 Å². The lowest BCUT2D eigenvalue weighted by molar-refractivity contribution is 0.0687. The number of hydrogen-bond acceptors (Lipinski definition) is 2. The van der Waals surface area contributed by atoms with Crippen molar-refractivity contribution < 1.29 is 18.7 Å². The van der Waals surface area contributed by atoms with Gasteiger partial charge in [-0.2, -0.15) is 0 Å². The first kappa shape index (κ1) is 20.9. The molecule has 1 aliphatic carbocycles. The zero-order valence-electron chi connectivity index (χ0n) is 17.6. The van der Waals surface area contributed by atoms with Crippen molar-refractivity contribution in [1.82, 2.24) is 9.55 Å². The number of carbonyl (C=O) groups is 1. The number of benzene rings is 2. The van der Waals surface area contributed by atoms with Gasteiger partial charge in [-0.15, -0.1) is 0 Å². The zero-order valence-corrected chi connectivity index (χ0v) is 17.6. The number of aromatic nitrogens is 2. The molecule has 2 heterocycles. The molecule has 1 aliphatic rings. The Balaban J connectivity index is 1.82. The Bertz CT molecular complexity index is 1500. The van der Waals surface area contributed by atoms with E-state index in [0.717, 1.165) is 37.0 Å². The summed E-state index contributed by atoms with van der Waals surface area (Å²) in [5, 5.41) is 10.8. The van der Waals surface area contributed by atoms with E-state index in [2.05, 4.69) is 11.1 Å². The van der Waals surface area contributed by atoms with Crippen LogP contribution < -0.4 is 5.56 Å². The topological polar surface area (TPSA) is 75.1 Å². The summed E-state index contributed by atoms with van der Waals surface area (Å²) in [6.07, 6.45) is 6.63. The second kappa shape index (κ2) is 8.16. The zero-order chi connectivity index (χ0) is 23.1. The third kappa shape index (κ3) is 3.65. The van der Waals surface area contributed by atoms with Gasteiger partial charge in [0.15, 0.2) is 0 Å². The highest BCUT2D eigenvalue weighted by atomic mass is 19.1. The molecular weight excluding hydrogens is 426 g/mol. The highest BCUT2D eigenvalue weighted by molar-refractivity contribution is 6.08. The Labute approximate surface area is 187 Å². The van der Waals surface area contributed by atoms with E-state index in [-0.39, 0.29) is 28.9 Å². The van der Waals surface area contributed by atoms with Crippen LogP contribution in [0.5, 0.6) is 0 Å². The van der Waals surface area contributed by atoms with Gasteiger partial charge in [0.05, 0.1) is 6.54 Å². The van der Waals surface area contributed by atoms with E-state index in [9.17, 15) is 23.5 Å². The molecule has 2 aromatic carbocycles. The van der Waals surface area contributed by atoms with E-state index in [1.807, 2.05) is 12.1 Å². The number of carboxylic acids is 1. The number of aromatic amines is 1. The summed E-state index contributed by atoms with van der Waals surface area (Å²) in [7, 11) is 0. The Morgan fingerprint density at radius 3 is 2.67 bits per heavy atom. The molecule has 0 saturated heterocycles. The van der Waals surface area contributed by atoms with Gasteiger partial charge >= 0.3 is 5.97 Å². The molecule has 2 aromatic heterocycles. The number of nitrogens with one attached hydrogen (secondary N) is 1. The Kier molecular flexibility index (Phi) is 5.17. The summed E-state index contributed by atoms with van der Waals surface area (Å²) in [5.74, 6) is -2.72. The van der Waals surface area contributed by atoms with Crippen molar-refractivity contribution in [2.75, 3.05) is 0 Å². The van der Waals surface area contributed by atoms with Gasteiger partial charge in [-0.3, -0.25) is 4.79 Å². The first-order chi connectivity index (χ1) is 15.9. The lowest BCUT2D eigenvalue weighted by Gasteiger charge is -2.11. The van der Waals surface area contributed by atoms with Crippen LogP contribution in [0.2, 0.25) is 0 Å². The van der Waals surface area contributed by atoms with Crippen molar-refractivity contribution in [2.45, 2.75) is 25.8 Å². The van der Waals surface area contributed by atoms with Gasteiger partial charge in [-0.05, 0) is 60.7 Å². The van der Waals surface area contributed by atoms with Crippen LogP contribution in [0.4, 0.5) is 8.78 Å². The maximum Gasteiger partial charge on any atom is 0.353 e. The number of allylic oxidation sites excluding steroid dienone is 2. The first-order valence-corrected chi connectivity index (χ1v) is 10.6. The van der Waals surface area contributed by atoms with Gasteiger partial charge in [-0.1, -0.05) is 18.2 Å². The van der Waals surface area contributed by atoms with Crippen LogP contribution in [0, 0.1) is 11.6 Å². The smallest absolute Gasteiger partial charge is 0.353 e. The van der Waals surface area contributed by atoms with Crippen LogP contribution >= 0.6 is 0 Å². The third-order valence-corrected chi connectivity index (χ3v) is 6.11. The summed E-state index contributed by atoms with van der Waals surface area (Å²) >= 11 is 0. The first-order valence-electron chi connectivity index (χ1n) is 10.6. The molecule has 0 bridgehead atoms. The van der Waals surface area contributed by atoms with Gasteiger partial charge in [0.1, 0.15) is 17.3 Å². The standard InChI is InChI=1S/C26H20F2N2O3/c27-18-9-7-17(21(28)13-18)14-30-22-10-8-16(15-4-1-2-5-15)12-20(22)23(24(30)26(32)33)19-6-3-11-29-25(19)31/h3-4,6-13H,1-2,5,14H2,(H,29,31)(H,32,33). The molecule has 0 spiro atoms. The second-order valence-electron chi connectivity index (χ2n) is 8.12. The minimum Gasteiger partial charge on any atom is -0.477 e. The predicted octanol–water partition coefficient (Wildman–Crippen LogP) is 5.59. The Hall–Kier alpha value is -4.00. The van der Waals surface area contributed by atoms with E-state index < -0.39 is 23.2 Å². The predicted molar refractivity (Wildman–Crippen MR) is 122 cm³/mol. The number of fused-ring (bicyclic) bond motifs is 1. The van der Waals surface area contributed by atoms with Gasteiger partial charge in [0, 0.05) is 39.9 Å². The Morgan fingerprint density at radius 2 is 1.97 bits per heavy atom. The van der Waals surface area contributed by atoms with Gasteiger partial charge < -0.3 is 14.7 Å². The summed E-state index contributed by atoms with van der Waals surface area (Å²) < 4.78 is 29.4. The van der Waals surface area contributed by atoms with E-state index >= 15 is 0 Å². The fraction of sp³-hybridized carbons (Fsp3) is 0.154. The molecule has 33 heavy (non-hydrogen) atoms. The van der Waals surface area contributed by atoms with E-state index in [1.165, 1.54) is 22.4 Å². The fourth-order valence-electron chi connectivity index (χ4n) is 4.59. The molecule has 0 unspecified atom stereocenters. The quantitative estimate of drug-likeness (QED) is 0.420. The number of halogens is 2. The molecule has 5 rings (SSSR count). The largest absolute Gasteiger partial charge is 0.477 e. The van der Waals surface area contributed by atoms with Crippen molar-refractivity contribution in [3.8, 4) is 11.1 Å². The SMILES string of the molecule is O=C(O)c1c(-c2ccc[nH]c2=O)c2cc(C3=CCCC3)ccc2n1Cc1ccc(F)cc1F. The molecule has 0 saturated carbocycles. The van der Waals surface area contributed by atoms with Crippen LogP contribution in [0.1, 0.15) is 40.9 Å². The molecule has 2 N–H and O–H groups in total. The molecule has 0 aliphatic heterocycles. The van der Waals surface area contributed by atoms with Gasteiger partial charge in [0.25, 0.3) is 5.56 Å². The molecular formula is C26H20F2N2O3. The van der Waals surface area contributed by atoms with Gasteiger partial charge in [-0.25, -0.2) is 13.6 Å². The number of carboxylic acid groups (broad SMARTS) is 1. The molecule has 0 radical (unpaired) electrons. The molecule has 0 fully saturated rings. The van der Waals surface area contributed by atoms with Gasteiger partial charge in [0.2, 0.25) is 0 Å². The minimum atomic E-state index is -1.24. The maximum absolute atomic E-state index is 14.5. The van der Waals surface area contributed by atoms with Crippen molar-refractivity contribution in [3.63, 3.8) is 0 Å². The molecule has 0 atom stereocenters. The third-order valence-electron chi connectivity index (χ3n) is 6.11. The lowest BCUT2D eigenvalue weighted by Crippen LogP contribution is -2.14. The van der Waals surface area contributed by atoms with Crippen molar-refractivity contribution >= 4 is 22.4 Å².